The van der Waals surface area contributed by atoms with Crippen LogP contribution in [0.4, 0.5) is 0 Å². The largest absolute Gasteiger partial charge is 0.380 e. The molecule has 0 aromatic heterocycles. The van der Waals surface area contributed by atoms with Gasteiger partial charge >= 0.3 is 0 Å². The van der Waals surface area contributed by atoms with E-state index in [1.54, 1.807) is 7.11 Å². The van der Waals surface area contributed by atoms with E-state index in [1.165, 1.54) is 0 Å². The maximum atomic E-state index is 6.01. The zero-order valence-corrected chi connectivity index (χ0v) is 11.9. The lowest BCUT2D eigenvalue weighted by molar-refractivity contribution is -0.127. The molecule has 1 aliphatic rings. The van der Waals surface area contributed by atoms with Crippen LogP contribution in [0.1, 0.15) is 34.1 Å². The topological polar surface area (TPSA) is 47.7 Å². The summed E-state index contributed by atoms with van der Waals surface area (Å²) in [5.74, 6) is 0. The summed E-state index contributed by atoms with van der Waals surface area (Å²) >= 11 is 0. The van der Waals surface area contributed by atoms with E-state index in [2.05, 4.69) is 32.6 Å². The normalized spacial score (nSPS) is 32.1. The molecule has 17 heavy (non-hydrogen) atoms. The Bertz CT molecular complexity index is 237. The number of nitrogens with two attached hydrogens (primary N) is 1. The molecule has 1 aliphatic heterocycles. The van der Waals surface area contributed by atoms with Gasteiger partial charge < -0.3 is 15.2 Å². The van der Waals surface area contributed by atoms with Crippen molar-refractivity contribution in [3.8, 4) is 0 Å². The van der Waals surface area contributed by atoms with Crippen LogP contribution in [0, 0.1) is 0 Å². The van der Waals surface area contributed by atoms with Crippen molar-refractivity contribution in [2.24, 2.45) is 5.73 Å². The van der Waals surface area contributed by atoms with Crippen LogP contribution in [0.25, 0.3) is 0 Å². The molecule has 1 fully saturated rings. The number of methoxy groups -OCH3 is 1. The zero-order valence-electron chi connectivity index (χ0n) is 11.9. The van der Waals surface area contributed by atoms with Crippen molar-refractivity contribution in [1.82, 2.24) is 4.90 Å². The molecule has 0 spiro atoms. The van der Waals surface area contributed by atoms with Crippen molar-refractivity contribution in [2.45, 2.75) is 57.9 Å². The quantitative estimate of drug-likeness (QED) is 0.790. The van der Waals surface area contributed by atoms with Crippen LogP contribution >= 0.6 is 0 Å². The van der Waals surface area contributed by atoms with E-state index < -0.39 is 0 Å². The van der Waals surface area contributed by atoms with Crippen LogP contribution in [0.15, 0.2) is 0 Å². The van der Waals surface area contributed by atoms with E-state index in [0.717, 1.165) is 19.6 Å². The lowest BCUT2D eigenvalue weighted by Crippen LogP contribution is -2.66. The second-order valence-corrected chi connectivity index (χ2v) is 5.30. The number of rotatable bonds is 5. The molecule has 4 unspecified atom stereocenters. The highest BCUT2D eigenvalue weighted by Gasteiger charge is 2.42. The summed E-state index contributed by atoms with van der Waals surface area (Å²) in [6.45, 7) is 10.9. The third-order valence-electron chi connectivity index (χ3n) is 4.24. The SMILES string of the molecule is CCC1COC(C)CN1C(C)(CN)C(C)OC. The fraction of sp³-hybridized carbons (Fsp3) is 1.00. The summed E-state index contributed by atoms with van der Waals surface area (Å²) in [4.78, 5) is 2.48. The maximum Gasteiger partial charge on any atom is 0.0736 e. The predicted octanol–water partition coefficient (Wildman–Crippen LogP) is 1.24. The van der Waals surface area contributed by atoms with Gasteiger partial charge in [0.2, 0.25) is 0 Å². The van der Waals surface area contributed by atoms with E-state index >= 15 is 0 Å². The van der Waals surface area contributed by atoms with Crippen molar-refractivity contribution in [1.29, 1.82) is 0 Å². The Balaban J connectivity index is 2.90. The van der Waals surface area contributed by atoms with Gasteiger partial charge in [-0.15, -0.1) is 0 Å². The molecule has 2 N–H and O–H groups in total. The van der Waals surface area contributed by atoms with Crippen LogP contribution < -0.4 is 5.73 Å². The molecule has 0 amide bonds. The van der Waals surface area contributed by atoms with Crippen LogP contribution in [-0.2, 0) is 9.47 Å². The number of hydrogen-bond acceptors (Lipinski definition) is 4. The van der Waals surface area contributed by atoms with E-state index in [9.17, 15) is 0 Å². The highest BCUT2D eigenvalue weighted by Crippen LogP contribution is 2.28. The third-order valence-corrected chi connectivity index (χ3v) is 4.24. The van der Waals surface area contributed by atoms with Gasteiger partial charge in [0.25, 0.3) is 0 Å². The molecular formula is C13H28N2O2. The molecule has 0 saturated carbocycles. The first-order valence-corrected chi connectivity index (χ1v) is 6.60. The summed E-state index contributed by atoms with van der Waals surface area (Å²) in [6, 6.07) is 0.442. The van der Waals surface area contributed by atoms with E-state index in [1.807, 2.05) is 0 Å². The van der Waals surface area contributed by atoms with Crippen molar-refractivity contribution >= 4 is 0 Å². The van der Waals surface area contributed by atoms with Gasteiger partial charge in [-0.2, -0.15) is 0 Å². The van der Waals surface area contributed by atoms with Gasteiger partial charge in [0, 0.05) is 26.2 Å². The summed E-state index contributed by atoms with van der Waals surface area (Å²) in [5, 5.41) is 0. The molecule has 0 aromatic carbocycles. The molecule has 0 radical (unpaired) electrons. The van der Waals surface area contributed by atoms with Crippen molar-refractivity contribution in [2.75, 3.05) is 26.8 Å². The third kappa shape index (κ3) is 2.99. The smallest absolute Gasteiger partial charge is 0.0736 e. The minimum Gasteiger partial charge on any atom is -0.380 e. The van der Waals surface area contributed by atoms with Gasteiger partial charge in [-0.25, -0.2) is 0 Å². The molecule has 1 heterocycles. The Morgan fingerprint density at radius 3 is 2.71 bits per heavy atom. The number of hydrogen-bond donors (Lipinski definition) is 1. The summed E-state index contributed by atoms with van der Waals surface area (Å²) < 4.78 is 11.3. The van der Waals surface area contributed by atoms with Crippen molar-refractivity contribution in [3.05, 3.63) is 0 Å². The van der Waals surface area contributed by atoms with Gasteiger partial charge in [-0.1, -0.05) is 6.92 Å². The average Bonchev–Trinajstić information content (AvgIpc) is 2.36. The highest BCUT2D eigenvalue weighted by atomic mass is 16.5. The molecule has 0 aromatic rings. The van der Waals surface area contributed by atoms with E-state index in [0.29, 0.717) is 12.6 Å². The van der Waals surface area contributed by atoms with Gasteiger partial charge in [0.1, 0.15) is 0 Å². The van der Waals surface area contributed by atoms with E-state index in [4.69, 9.17) is 15.2 Å². The first kappa shape index (κ1) is 14.9. The van der Waals surface area contributed by atoms with Gasteiger partial charge in [-0.05, 0) is 27.2 Å². The Kier molecular flexibility index (Phi) is 5.38. The molecule has 102 valence electrons. The minimum atomic E-state index is -0.118. The van der Waals surface area contributed by atoms with Crippen LogP contribution in [0.3, 0.4) is 0 Å². The van der Waals surface area contributed by atoms with Crippen molar-refractivity contribution in [3.63, 3.8) is 0 Å². The number of morpholine rings is 1. The average molecular weight is 244 g/mol. The lowest BCUT2D eigenvalue weighted by Gasteiger charge is -2.51. The number of ether oxygens (including phenoxy) is 2. The maximum absolute atomic E-state index is 6.01. The lowest BCUT2D eigenvalue weighted by atomic mass is 9.89. The predicted molar refractivity (Wildman–Crippen MR) is 70.1 cm³/mol. The summed E-state index contributed by atoms with van der Waals surface area (Å²) in [5.41, 5.74) is 5.90. The standard InChI is InChI=1S/C13H28N2O2/c1-6-12-8-17-10(2)7-15(12)13(4,9-14)11(3)16-5/h10-12H,6-9,14H2,1-5H3. The first-order chi connectivity index (χ1) is 7.99. The van der Waals surface area contributed by atoms with Crippen LogP contribution in [0.2, 0.25) is 0 Å². The number of nitrogens with zero attached hydrogens (tertiary/aromatic N) is 1. The fourth-order valence-corrected chi connectivity index (χ4v) is 2.58. The van der Waals surface area contributed by atoms with Crippen LogP contribution in [-0.4, -0.2) is 55.5 Å². The molecule has 1 rings (SSSR count). The van der Waals surface area contributed by atoms with Gasteiger partial charge in [0.15, 0.2) is 0 Å². The fourth-order valence-electron chi connectivity index (χ4n) is 2.58. The highest BCUT2D eigenvalue weighted by molar-refractivity contribution is 4.97. The van der Waals surface area contributed by atoms with Gasteiger partial charge in [-0.3, -0.25) is 4.90 Å². The van der Waals surface area contributed by atoms with Crippen LogP contribution in [0.5, 0.6) is 0 Å². The minimum absolute atomic E-state index is 0.117. The molecule has 4 nitrogen and oxygen atoms in total. The first-order valence-electron chi connectivity index (χ1n) is 6.60. The van der Waals surface area contributed by atoms with Gasteiger partial charge in [0.05, 0.1) is 24.4 Å². The molecular weight excluding hydrogens is 216 g/mol. The Hall–Kier alpha value is -0.160. The molecule has 0 aliphatic carbocycles. The molecule has 0 bridgehead atoms. The summed E-state index contributed by atoms with van der Waals surface area (Å²) in [6.07, 6.45) is 1.47. The monoisotopic (exact) mass is 244 g/mol. The Labute approximate surface area is 105 Å². The zero-order chi connectivity index (χ0) is 13.1. The molecule has 1 saturated heterocycles. The van der Waals surface area contributed by atoms with Crippen molar-refractivity contribution < 1.29 is 9.47 Å². The molecule has 4 atom stereocenters. The Morgan fingerprint density at radius 2 is 2.24 bits per heavy atom. The Morgan fingerprint density at radius 1 is 1.59 bits per heavy atom. The molecule has 4 heteroatoms. The van der Waals surface area contributed by atoms with E-state index in [-0.39, 0.29) is 17.7 Å². The second kappa shape index (κ2) is 6.14. The second-order valence-electron chi connectivity index (χ2n) is 5.30. The summed E-state index contributed by atoms with van der Waals surface area (Å²) in [7, 11) is 1.75.